The number of rotatable bonds is 8. The smallest absolute Gasteiger partial charge is 0.0466 e. The summed E-state index contributed by atoms with van der Waals surface area (Å²) in [6, 6.07) is 8.87. The molecule has 3 N–H and O–H groups in total. The topological polar surface area (TPSA) is 47.3 Å². The van der Waals surface area contributed by atoms with Crippen LogP contribution in [0.1, 0.15) is 43.9 Å². The molecule has 17 heavy (non-hydrogen) atoms. The molecule has 0 fully saturated rings. The predicted octanol–water partition coefficient (Wildman–Crippen LogP) is 2.57. The molecule has 1 aromatic carbocycles. The van der Waals surface area contributed by atoms with Crippen molar-refractivity contribution in [1.82, 2.24) is 5.43 Å². The van der Waals surface area contributed by atoms with E-state index in [-0.39, 0.29) is 6.04 Å². The van der Waals surface area contributed by atoms with Gasteiger partial charge in [-0.25, -0.2) is 0 Å². The Morgan fingerprint density at radius 2 is 1.94 bits per heavy atom. The van der Waals surface area contributed by atoms with Gasteiger partial charge in [-0.3, -0.25) is 11.3 Å². The molecule has 3 nitrogen and oxygen atoms in total. The molecule has 1 aromatic rings. The maximum atomic E-state index is 5.60. The molecule has 0 spiro atoms. The van der Waals surface area contributed by atoms with E-state index in [0.29, 0.717) is 0 Å². The molecule has 0 aliphatic rings. The van der Waals surface area contributed by atoms with Crippen LogP contribution in [0.2, 0.25) is 0 Å². The quantitative estimate of drug-likeness (QED) is 0.414. The molecular formula is C14H24N2O. The molecular weight excluding hydrogens is 212 g/mol. The Labute approximate surface area is 104 Å². The second-order valence-corrected chi connectivity index (χ2v) is 4.15. The van der Waals surface area contributed by atoms with Crippen molar-refractivity contribution in [2.24, 2.45) is 5.84 Å². The van der Waals surface area contributed by atoms with Gasteiger partial charge in [0.15, 0.2) is 0 Å². The average Bonchev–Trinajstić information content (AvgIpc) is 2.39. The van der Waals surface area contributed by atoms with E-state index in [1.165, 1.54) is 11.1 Å². The lowest BCUT2D eigenvalue weighted by atomic mass is 10.0. The lowest BCUT2D eigenvalue weighted by Crippen LogP contribution is -2.28. The third-order valence-corrected chi connectivity index (χ3v) is 2.98. The molecule has 96 valence electrons. The summed E-state index contributed by atoms with van der Waals surface area (Å²) in [5, 5.41) is 0. The van der Waals surface area contributed by atoms with Crippen LogP contribution in [0.3, 0.4) is 0 Å². The maximum Gasteiger partial charge on any atom is 0.0466 e. The van der Waals surface area contributed by atoms with Gasteiger partial charge in [-0.15, -0.1) is 0 Å². The number of ether oxygens (including phenoxy) is 1. The summed E-state index contributed by atoms with van der Waals surface area (Å²) in [6.45, 7) is 5.77. The number of hydrazine groups is 1. The number of hydrogen-bond acceptors (Lipinski definition) is 3. The Morgan fingerprint density at radius 3 is 2.47 bits per heavy atom. The predicted molar refractivity (Wildman–Crippen MR) is 71.6 cm³/mol. The van der Waals surface area contributed by atoms with Gasteiger partial charge in [-0.1, -0.05) is 31.2 Å². The summed E-state index contributed by atoms with van der Waals surface area (Å²) >= 11 is 0. The number of nitrogens with two attached hydrogens (primary N) is 1. The zero-order chi connectivity index (χ0) is 12.5. The van der Waals surface area contributed by atoms with Gasteiger partial charge in [0.1, 0.15) is 0 Å². The molecule has 0 saturated heterocycles. The van der Waals surface area contributed by atoms with Crippen LogP contribution in [0.4, 0.5) is 0 Å². The van der Waals surface area contributed by atoms with E-state index in [4.69, 9.17) is 10.6 Å². The molecule has 1 atom stereocenters. The highest BCUT2D eigenvalue weighted by atomic mass is 16.5. The molecule has 1 unspecified atom stereocenters. The maximum absolute atomic E-state index is 5.60. The lowest BCUT2D eigenvalue weighted by Gasteiger charge is -2.16. The van der Waals surface area contributed by atoms with Gasteiger partial charge in [-0.05, 0) is 37.3 Å². The van der Waals surface area contributed by atoms with Crippen molar-refractivity contribution in [2.45, 2.75) is 39.2 Å². The molecule has 0 aliphatic heterocycles. The number of benzene rings is 1. The first-order chi connectivity index (χ1) is 8.31. The minimum absolute atomic E-state index is 0.223. The van der Waals surface area contributed by atoms with E-state index >= 15 is 0 Å². The van der Waals surface area contributed by atoms with Crippen molar-refractivity contribution in [1.29, 1.82) is 0 Å². The molecule has 0 aliphatic carbocycles. The van der Waals surface area contributed by atoms with Gasteiger partial charge < -0.3 is 4.74 Å². The van der Waals surface area contributed by atoms with Crippen LogP contribution in [-0.2, 0) is 11.2 Å². The molecule has 0 bridgehead atoms. The van der Waals surface area contributed by atoms with E-state index in [1.54, 1.807) is 0 Å². The van der Waals surface area contributed by atoms with Crippen molar-refractivity contribution in [3.05, 3.63) is 35.4 Å². The summed E-state index contributed by atoms with van der Waals surface area (Å²) in [4.78, 5) is 0. The molecule has 0 aromatic heterocycles. The average molecular weight is 236 g/mol. The Hall–Kier alpha value is -0.900. The molecule has 3 heteroatoms. The minimum Gasteiger partial charge on any atom is -0.382 e. The fourth-order valence-corrected chi connectivity index (χ4v) is 1.87. The van der Waals surface area contributed by atoms with Gasteiger partial charge in [0.05, 0.1) is 0 Å². The second-order valence-electron chi connectivity index (χ2n) is 4.15. The third-order valence-electron chi connectivity index (χ3n) is 2.98. The van der Waals surface area contributed by atoms with Crippen molar-refractivity contribution < 1.29 is 4.74 Å². The van der Waals surface area contributed by atoms with Crippen LogP contribution in [0.15, 0.2) is 24.3 Å². The molecule has 0 saturated carbocycles. The van der Waals surface area contributed by atoms with Crippen LogP contribution in [0, 0.1) is 0 Å². The standard InChI is InChI=1S/C14H24N2O/c1-3-12-7-9-13(10-8-12)14(16-15)6-5-11-17-4-2/h7-10,14,16H,3-6,11,15H2,1-2H3. The van der Waals surface area contributed by atoms with Gasteiger partial charge in [0, 0.05) is 19.3 Å². The highest BCUT2D eigenvalue weighted by Gasteiger charge is 2.08. The summed E-state index contributed by atoms with van der Waals surface area (Å²) in [7, 11) is 0. The van der Waals surface area contributed by atoms with Crippen LogP contribution < -0.4 is 11.3 Å². The fourth-order valence-electron chi connectivity index (χ4n) is 1.87. The van der Waals surface area contributed by atoms with Crippen LogP contribution in [0.5, 0.6) is 0 Å². The third kappa shape index (κ3) is 4.86. The van der Waals surface area contributed by atoms with Crippen LogP contribution in [-0.4, -0.2) is 13.2 Å². The molecule has 0 heterocycles. The Bertz CT molecular complexity index is 298. The zero-order valence-corrected chi connectivity index (χ0v) is 10.9. The fraction of sp³-hybridized carbons (Fsp3) is 0.571. The van der Waals surface area contributed by atoms with E-state index in [1.807, 2.05) is 6.92 Å². The molecule has 1 rings (SSSR count). The largest absolute Gasteiger partial charge is 0.382 e. The number of hydrogen-bond donors (Lipinski definition) is 2. The highest BCUT2D eigenvalue weighted by molar-refractivity contribution is 5.24. The number of nitrogens with one attached hydrogen (secondary N) is 1. The van der Waals surface area contributed by atoms with Gasteiger partial charge in [0.25, 0.3) is 0 Å². The van der Waals surface area contributed by atoms with Crippen molar-refractivity contribution in [3.8, 4) is 0 Å². The molecule has 0 radical (unpaired) electrons. The van der Waals surface area contributed by atoms with E-state index in [2.05, 4.69) is 36.6 Å². The molecule has 0 amide bonds. The van der Waals surface area contributed by atoms with E-state index in [0.717, 1.165) is 32.5 Å². The monoisotopic (exact) mass is 236 g/mol. The minimum atomic E-state index is 0.223. The van der Waals surface area contributed by atoms with Gasteiger partial charge in [0.2, 0.25) is 0 Å². The van der Waals surface area contributed by atoms with Crippen molar-refractivity contribution in [2.75, 3.05) is 13.2 Å². The Balaban J connectivity index is 2.47. The summed E-state index contributed by atoms with van der Waals surface area (Å²) < 4.78 is 5.33. The summed E-state index contributed by atoms with van der Waals surface area (Å²) in [5.41, 5.74) is 5.49. The van der Waals surface area contributed by atoms with Crippen LogP contribution in [0.25, 0.3) is 0 Å². The van der Waals surface area contributed by atoms with E-state index < -0.39 is 0 Å². The Morgan fingerprint density at radius 1 is 1.24 bits per heavy atom. The summed E-state index contributed by atoms with van der Waals surface area (Å²) in [5.74, 6) is 5.60. The first kappa shape index (κ1) is 14.2. The number of aryl methyl sites for hydroxylation is 1. The Kier molecular flexibility index (Phi) is 6.86. The van der Waals surface area contributed by atoms with Crippen LogP contribution >= 0.6 is 0 Å². The highest BCUT2D eigenvalue weighted by Crippen LogP contribution is 2.18. The lowest BCUT2D eigenvalue weighted by molar-refractivity contribution is 0.141. The van der Waals surface area contributed by atoms with Crippen molar-refractivity contribution >= 4 is 0 Å². The second kappa shape index (κ2) is 8.23. The normalized spacial score (nSPS) is 12.6. The zero-order valence-electron chi connectivity index (χ0n) is 10.9. The van der Waals surface area contributed by atoms with E-state index in [9.17, 15) is 0 Å². The summed E-state index contributed by atoms with van der Waals surface area (Å²) in [6.07, 6.45) is 3.10. The van der Waals surface area contributed by atoms with Gasteiger partial charge >= 0.3 is 0 Å². The SMILES string of the molecule is CCOCCCC(NN)c1ccc(CC)cc1. The first-order valence-corrected chi connectivity index (χ1v) is 6.44. The first-order valence-electron chi connectivity index (χ1n) is 6.44. The van der Waals surface area contributed by atoms with Gasteiger partial charge in [-0.2, -0.15) is 0 Å². The van der Waals surface area contributed by atoms with Crippen molar-refractivity contribution in [3.63, 3.8) is 0 Å².